The number of esters is 1. The summed E-state index contributed by atoms with van der Waals surface area (Å²) in [6, 6.07) is 7.12. The number of nitrogens with zero attached hydrogens (tertiary/aromatic N) is 2. The van der Waals surface area contributed by atoms with E-state index in [1.54, 1.807) is 29.2 Å². The molecule has 0 radical (unpaired) electrons. The predicted octanol–water partition coefficient (Wildman–Crippen LogP) is 0.975. The van der Waals surface area contributed by atoms with Crippen molar-refractivity contribution >= 4 is 17.7 Å². The molecule has 0 atom stereocenters. The Bertz CT molecular complexity index is 606. The summed E-state index contributed by atoms with van der Waals surface area (Å²) in [5.41, 5.74) is 0.646. The Kier molecular flexibility index (Phi) is 6.94. The van der Waals surface area contributed by atoms with E-state index in [0.717, 1.165) is 5.75 Å². The van der Waals surface area contributed by atoms with Crippen LogP contribution in [0.4, 0.5) is 0 Å². The van der Waals surface area contributed by atoms with Crippen molar-refractivity contribution in [3.8, 4) is 5.75 Å². The highest BCUT2D eigenvalue weighted by Gasteiger charge is 2.24. The third-order valence-corrected chi connectivity index (χ3v) is 4.10. The third-order valence-electron chi connectivity index (χ3n) is 4.10. The van der Waals surface area contributed by atoms with Crippen LogP contribution in [0.3, 0.4) is 0 Å². The number of rotatable bonds is 7. The van der Waals surface area contributed by atoms with E-state index in [2.05, 4.69) is 4.74 Å². The SMILES string of the molecule is CCOc1ccc(C(=O)CN2CCN(C(=O)CC(=O)OC)CC2)cc1. The molecule has 1 aliphatic heterocycles. The van der Waals surface area contributed by atoms with Gasteiger partial charge in [-0.15, -0.1) is 0 Å². The first kappa shape index (κ1) is 18.9. The summed E-state index contributed by atoms with van der Waals surface area (Å²) >= 11 is 0. The highest BCUT2D eigenvalue weighted by Crippen LogP contribution is 2.13. The van der Waals surface area contributed by atoms with E-state index in [9.17, 15) is 14.4 Å². The van der Waals surface area contributed by atoms with Gasteiger partial charge in [-0.3, -0.25) is 19.3 Å². The molecule has 0 saturated carbocycles. The number of ether oxygens (including phenoxy) is 2. The molecule has 1 amide bonds. The van der Waals surface area contributed by atoms with Crippen LogP contribution in [0.5, 0.6) is 5.75 Å². The minimum absolute atomic E-state index is 0.0392. The largest absolute Gasteiger partial charge is 0.494 e. The fourth-order valence-electron chi connectivity index (χ4n) is 2.66. The molecular weight excluding hydrogens is 324 g/mol. The molecule has 1 aliphatic rings. The molecular formula is C18H24N2O5. The number of hydrogen-bond donors (Lipinski definition) is 0. The maximum Gasteiger partial charge on any atom is 0.315 e. The summed E-state index contributed by atoms with van der Waals surface area (Å²) in [5.74, 6) is 0.0246. The van der Waals surface area contributed by atoms with Gasteiger partial charge in [-0.05, 0) is 31.2 Å². The fourth-order valence-corrected chi connectivity index (χ4v) is 2.66. The minimum atomic E-state index is -0.530. The van der Waals surface area contributed by atoms with Crippen molar-refractivity contribution in [3.05, 3.63) is 29.8 Å². The molecule has 7 heteroatoms. The number of methoxy groups -OCH3 is 1. The molecule has 1 heterocycles. The zero-order valence-corrected chi connectivity index (χ0v) is 14.7. The Balaban J connectivity index is 1.80. The van der Waals surface area contributed by atoms with Gasteiger partial charge in [0.15, 0.2) is 5.78 Å². The second kappa shape index (κ2) is 9.17. The van der Waals surface area contributed by atoms with Crippen molar-refractivity contribution in [2.75, 3.05) is 46.4 Å². The van der Waals surface area contributed by atoms with Crippen molar-refractivity contribution in [3.63, 3.8) is 0 Å². The predicted molar refractivity (Wildman–Crippen MR) is 91.6 cm³/mol. The zero-order valence-electron chi connectivity index (χ0n) is 14.7. The van der Waals surface area contributed by atoms with Gasteiger partial charge in [0.05, 0.1) is 20.3 Å². The van der Waals surface area contributed by atoms with Crippen LogP contribution in [0.1, 0.15) is 23.7 Å². The van der Waals surface area contributed by atoms with Gasteiger partial charge in [0.2, 0.25) is 5.91 Å². The van der Waals surface area contributed by atoms with Gasteiger partial charge in [-0.1, -0.05) is 0 Å². The second-order valence-electron chi connectivity index (χ2n) is 5.79. The average Bonchev–Trinajstić information content (AvgIpc) is 2.63. The number of amides is 1. The van der Waals surface area contributed by atoms with Crippen LogP contribution in [0, 0.1) is 0 Å². The lowest BCUT2D eigenvalue weighted by Crippen LogP contribution is -2.50. The monoisotopic (exact) mass is 348 g/mol. The van der Waals surface area contributed by atoms with Crippen molar-refractivity contribution in [2.45, 2.75) is 13.3 Å². The van der Waals surface area contributed by atoms with Crippen LogP contribution in [0.15, 0.2) is 24.3 Å². The molecule has 25 heavy (non-hydrogen) atoms. The molecule has 7 nitrogen and oxygen atoms in total. The molecule has 1 aromatic carbocycles. The van der Waals surface area contributed by atoms with Crippen LogP contribution >= 0.6 is 0 Å². The Labute approximate surface area is 147 Å². The molecule has 2 rings (SSSR count). The van der Waals surface area contributed by atoms with Gasteiger partial charge >= 0.3 is 5.97 Å². The van der Waals surface area contributed by atoms with Gasteiger partial charge in [-0.25, -0.2) is 0 Å². The Morgan fingerprint density at radius 3 is 2.24 bits per heavy atom. The maximum absolute atomic E-state index is 12.4. The summed E-state index contributed by atoms with van der Waals surface area (Å²) in [6.45, 7) is 5.04. The van der Waals surface area contributed by atoms with E-state index >= 15 is 0 Å². The van der Waals surface area contributed by atoms with Crippen LogP contribution in [-0.2, 0) is 14.3 Å². The van der Waals surface area contributed by atoms with Crippen LogP contribution in [-0.4, -0.2) is 73.9 Å². The molecule has 0 aromatic heterocycles. The molecule has 0 spiro atoms. The minimum Gasteiger partial charge on any atom is -0.494 e. The number of piperazine rings is 1. The molecule has 1 saturated heterocycles. The van der Waals surface area contributed by atoms with E-state index in [1.807, 2.05) is 11.8 Å². The number of carbonyl (C=O) groups is 3. The summed E-state index contributed by atoms with van der Waals surface area (Å²) in [4.78, 5) is 39.1. The van der Waals surface area contributed by atoms with Crippen LogP contribution < -0.4 is 4.74 Å². The van der Waals surface area contributed by atoms with Gasteiger partial charge in [-0.2, -0.15) is 0 Å². The van der Waals surface area contributed by atoms with Crippen LogP contribution in [0.25, 0.3) is 0 Å². The average molecular weight is 348 g/mol. The summed E-state index contributed by atoms with van der Waals surface area (Å²) in [7, 11) is 1.26. The topological polar surface area (TPSA) is 76.2 Å². The first-order valence-electron chi connectivity index (χ1n) is 8.36. The Morgan fingerprint density at radius 1 is 1.04 bits per heavy atom. The molecule has 0 unspecified atom stereocenters. The van der Waals surface area contributed by atoms with Gasteiger partial charge in [0, 0.05) is 31.7 Å². The maximum atomic E-state index is 12.4. The Morgan fingerprint density at radius 2 is 1.68 bits per heavy atom. The lowest BCUT2D eigenvalue weighted by atomic mass is 10.1. The molecule has 1 fully saturated rings. The van der Waals surface area contributed by atoms with Gasteiger partial charge < -0.3 is 14.4 Å². The van der Waals surface area contributed by atoms with E-state index in [-0.39, 0.29) is 18.1 Å². The number of benzene rings is 1. The van der Waals surface area contributed by atoms with Crippen LogP contribution in [0.2, 0.25) is 0 Å². The van der Waals surface area contributed by atoms with E-state index in [4.69, 9.17) is 4.74 Å². The number of hydrogen-bond acceptors (Lipinski definition) is 6. The van der Waals surface area contributed by atoms with Crippen molar-refractivity contribution < 1.29 is 23.9 Å². The molecule has 0 aliphatic carbocycles. The number of ketones is 1. The molecule has 136 valence electrons. The first-order valence-corrected chi connectivity index (χ1v) is 8.36. The van der Waals surface area contributed by atoms with E-state index < -0.39 is 5.97 Å². The highest BCUT2D eigenvalue weighted by atomic mass is 16.5. The number of carbonyl (C=O) groups excluding carboxylic acids is 3. The normalized spacial score (nSPS) is 14.9. The van der Waals surface area contributed by atoms with E-state index in [1.165, 1.54) is 7.11 Å². The first-order chi connectivity index (χ1) is 12.0. The number of Topliss-reactive ketones (excluding diaryl/α,β-unsaturated/α-hetero) is 1. The summed E-state index contributed by atoms with van der Waals surface area (Å²) in [5, 5.41) is 0. The van der Waals surface area contributed by atoms with E-state index in [0.29, 0.717) is 44.9 Å². The highest BCUT2D eigenvalue weighted by molar-refractivity contribution is 5.97. The fraction of sp³-hybridized carbons (Fsp3) is 0.500. The van der Waals surface area contributed by atoms with Crippen molar-refractivity contribution in [2.24, 2.45) is 0 Å². The summed E-state index contributed by atoms with van der Waals surface area (Å²) in [6.07, 6.45) is -0.235. The molecule has 0 N–H and O–H groups in total. The zero-order chi connectivity index (χ0) is 18.2. The van der Waals surface area contributed by atoms with Crippen molar-refractivity contribution in [1.82, 2.24) is 9.80 Å². The Hall–Kier alpha value is -2.41. The lowest BCUT2D eigenvalue weighted by molar-refractivity contribution is -0.147. The standard InChI is InChI=1S/C18H24N2O5/c1-3-25-15-6-4-14(5-7-15)16(21)13-19-8-10-20(11-9-19)17(22)12-18(23)24-2/h4-7H,3,8-13H2,1-2H3. The lowest BCUT2D eigenvalue weighted by Gasteiger charge is -2.34. The summed E-state index contributed by atoms with van der Waals surface area (Å²) < 4.78 is 9.88. The quantitative estimate of drug-likeness (QED) is 0.415. The van der Waals surface area contributed by atoms with Gasteiger partial charge in [0.1, 0.15) is 12.2 Å². The molecule has 0 bridgehead atoms. The smallest absolute Gasteiger partial charge is 0.315 e. The van der Waals surface area contributed by atoms with Gasteiger partial charge in [0.25, 0.3) is 0 Å². The molecule has 1 aromatic rings. The second-order valence-corrected chi connectivity index (χ2v) is 5.79. The van der Waals surface area contributed by atoms with Crippen molar-refractivity contribution in [1.29, 1.82) is 0 Å². The third kappa shape index (κ3) is 5.56.